The van der Waals surface area contributed by atoms with Crippen LogP contribution < -0.4 is 15.8 Å². The van der Waals surface area contributed by atoms with Crippen LogP contribution in [-0.4, -0.2) is 33.1 Å². The highest BCUT2D eigenvalue weighted by molar-refractivity contribution is 7.89. The maximum Gasteiger partial charge on any atom is 0.323 e. The summed E-state index contributed by atoms with van der Waals surface area (Å²) in [6.07, 6.45) is 0. The lowest BCUT2D eigenvalue weighted by atomic mass is 10.2. The van der Waals surface area contributed by atoms with Crippen LogP contribution in [0.5, 0.6) is 0 Å². The van der Waals surface area contributed by atoms with E-state index >= 15 is 0 Å². The lowest BCUT2D eigenvalue weighted by molar-refractivity contribution is -0.135. The summed E-state index contributed by atoms with van der Waals surface area (Å²) in [6.45, 7) is -0.270. The van der Waals surface area contributed by atoms with Gasteiger partial charge in [0.2, 0.25) is 10.0 Å². The molecule has 0 aliphatic heterocycles. The van der Waals surface area contributed by atoms with Crippen molar-refractivity contribution in [3.63, 3.8) is 0 Å². The molecule has 8 heteroatoms. The first-order valence-corrected chi connectivity index (χ1v) is 6.11. The number of primary sulfonamides is 1. The van der Waals surface area contributed by atoms with E-state index in [0.717, 1.165) is 0 Å². The zero-order chi connectivity index (χ0) is 13.2. The molecule has 0 fully saturated rings. The number of aliphatic carboxylic acids is 1. The average molecular weight is 259 g/mol. The van der Waals surface area contributed by atoms with Crippen molar-refractivity contribution in [2.45, 2.75) is 4.90 Å². The van der Waals surface area contributed by atoms with Crippen molar-refractivity contribution in [2.24, 2.45) is 5.14 Å². The van der Waals surface area contributed by atoms with E-state index in [1.54, 1.807) is 0 Å². The van der Waals surface area contributed by atoms with Crippen LogP contribution in [0.3, 0.4) is 0 Å². The highest BCUT2D eigenvalue weighted by atomic mass is 32.2. The summed E-state index contributed by atoms with van der Waals surface area (Å²) in [6, 6.07) is 3.96. The third-order valence-corrected chi connectivity index (χ3v) is 2.95. The Labute approximate surface area is 98.7 Å². The molecule has 1 aromatic rings. The van der Waals surface area contributed by atoms with Crippen LogP contribution in [0, 0.1) is 0 Å². The van der Waals surface area contributed by atoms with Gasteiger partial charge in [-0.25, -0.2) is 13.6 Å². The molecule has 1 aromatic carbocycles. The number of hydrogen-bond donors (Lipinski definition) is 3. The molecular formula is C9H13N3O4S. The van der Waals surface area contributed by atoms with Gasteiger partial charge in [-0.05, 0) is 18.2 Å². The Morgan fingerprint density at radius 3 is 2.47 bits per heavy atom. The summed E-state index contributed by atoms with van der Waals surface area (Å²) < 4.78 is 22.3. The quantitative estimate of drug-likeness (QED) is 0.622. The number of carboxylic acid groups (broad SMARTS) is 1. The maximum atomic E-state index is 11.2. The highest BCUT2D eigenvalue weighted by Gasteiger charge is 2.13. The summed E-state index contributed by atoms with van der Waals surface area (Å²) in [5, 5.41) is 13.6. The van der Waals surface area contributed by atoms with Crippen LogP contribution >= 0.6 is 0 Å². The highest BCUT2D eigenvalue weighted by Crippen LogP contribution is 2.22. The van der Waals surface area contributed by atoms with Gasteiger partial charge in [0.25, 0.3) is 0 Å². The number of likely N-dealkylation sites (N-methyl/N-ethyl adjacent to an activating group) is 1. The second kappa shape index (κ2) is 4.60. The van der Waals surface area contributed by atoms with Gasteiger partial charge in [0.15, 0.2) is 0 Å². The number of anilines is 2. The maximum absolute atomic E-state index is 11.2. The third-order valence-electron chi connectivity index (χ3n) is 2.06. The molecule has 17 heavy (non-hydrogen) atoms. The number of nitrogens with zero attached hydrogens (tertiary/aromatic N) is 1. The summed E-state index contributed by atoms with van der Waals surface area (Å²) in [5.74, 6) is -1.04. The topological polar surface area (TPSA) is 127 Å². The molecule has 5 N–H and O–H groups in total. The largest absolute Gasteiger partial charge is 0.480 e. The van der Waals surface area contributed by atoms with Gasteiger partial charge in [0.1, 0.15) is 6.54 Å². The molecule has 0 radical (unpaired) electrons. The zero-order valence-corrected chi connectivity index (χ0v) is 9.94. The predicted octanol–water partition coefficient (Wildman–Crippen LogP) is -0.563. The Balaban J connectivity index is 3.18. The van der Waals surface area contributed by atoms with E-state index in [0.29, 0.717) is 5.69 Å². The van der Waals surface area contributed by atoms with Gasteiger partial charge >= 0.3 is 5.97 Å². The van der Waals surface area contributed by atoms with E-state index in [1.807, 2.05) is 0 Å². The van der Waals surface area contributed by atoms with Crippen molar-refractivity contribution in [1.82, 2.24) is 0 Å². The lowest BCUT2D eigenvalue weighted by Crippen LogP contribution is -2.25. The fourth-order valence-electron chi connectivity index (χ4n) is 1.28. The summed E-state index contributed by atoms with van der Waals surface area (Å²) in [4.78, 5) is 11.7. The standard InChI is InChI=1S/C9H13N3O4S/c1-12(5-9(13)14)7-2-6(10)3-8(4-7)17(11,15)16/h2-4H,5,10H2,1H3,(H,13,14)(H2,11,15,16). The van der Waals surface area contributed by atoms with Gasteiger partial charge in [-0.15, -0.1) is 0 Å². The van der Waals surface area contributed by atoms with Gasteiger partial charge in [0, 0.05) is 18.4 Å². The van der Waals surface area contributed by atoms with Crippen molar-refractivity contribution in [1.29, 1.82) is 0 Å². The van der Waals surface area contributed by atoms with Gasteiger partial charge in [0.05, 0.1) is 4.90 Å². The normalized spacial score (nSPS) is 11.2. The number of nitrogens with two attached hydrogens (primary N) is 2. The average Bonchev–Trinajstić information content (AvgIpc) is 2.14. The molecule has 0 bridgehead atoms. The first kappa shape index (κ1) is 13.3. The Bertz CT molecular complexity index is 541. The minimum Gasteiger partial charge on any atom is -0.480 e. The molecule has 0 amide bonds. The van der Waals surface area contributed by atoms with Crippen LogP contribution in [0.4, 0.5) is 11.4 Å². The van der Waals surface area contributed by atoms with E-state index in [9.17, 15) is 13.2 Å². The Hall–Kier alpha value is -1.80. The predicted molar refractivity (Wildman–Crippen MR) is 63.1 cm³/mol. The number of rotatable bonds is 4. The number of carboxylic acids is 1. The second-order valence-corrected chi connectivity index (χ2v) is 5.12. The Morgan fingerprint density at radius 2 is 2.00 bits per heavy atom. The van der Waals surface area contributed by atoms with Crippen molar-refractivity contribution < 1.29 is 18.3 Å². The molecular weight excluding hydrogens is 246 g/mol. The first-order chi connectivity index (χ1) is 7.70. The third kappa shape index (κ3) is 3.61. The van der Waals surface area contributed by atoms with Crippen molar-refractivity contribution >= 4 is 27.4 Å². The molecule has 0 spiro atoms. The summed E-state index contributed by atoms with van der Waals surface area (Å²) in [5.41, 5.74) is 6.10. The fourth-order valence-corrected chi connectivity index (χ4v) is 1.87. The van der Waals surface area contributed by atoms with Crippen LogP contribution in [-0.2, 0) is 14.8 Å². The number of hydrogen-bond acceptors (Lipinski definition) is 5. The molecule has 0 saturated carbocycles. The minimum atomic E-state index is -3.86. The Kier molecular flexibility index (Phi) is 3.59. The van der Waals surface area contributed by atoms with Crippen molar-refractivity contribution in [3.05, 3.63) is 18.2 Å². The van der Waals surface area contributed by atoms with Crippen molar-refractivity contribution in [2.75, 3.05) is 24.2 Å². The van der Waals surface area contributed by atoms with Crippen molar-refractivity contribution in [3.8, 4) is 0 Å². The SMILES string of the molecule is CN(CC(=O)O)c1cc(N)cc(S(N)(=O)=O)c1. The monoisotopic (exact) mass is 259 g/mol. The molecule has 0 atom stereocenters. The molecule has 1 rings (SSSR count). The summed E-state index contributed by atoms with van der Waals surface area (Å²) >= 11 is 0. The molecule has 0 aliphatic carbocycles. The van der Waals surface area contributed by atoms with E-state index < -0.39 is 16.0 Å². The molecule has 0 heterocycles. The van der Waals surface area contributed by atoms with E-state index in [2.05, 4.69) is 0 Å². The minimum absolute atomic E-state index is 0.148. The number of carbonyl (C=O) groups is 1. The number of benzene rings is 1. The van der Waals surface area contributed by atoms with E-state index in [-0.39, 0.29) is 17.1 Å². The van der Waals surface area contributed by atoms with Crippen LogP contribution in [0.1, 0.15) is 0 Å². The van der Waals surface area contributed by atoms with Gasteiger partial charge < -0.3 is 15.7 Å². The molecule has 0 aliphatic rings. The van der Waals surface area contributed by atoms with Crippen LogP contribution in [0.25, 0.3) is 0 Å². The number of sulfonamides is 1. The molecule has 94 valence electrons. The zero-order valence-electron chi connectivity index (χ0n) is 9.12. The number of nitrogen functional groups attached to an aromatic ring is 1. The van der Waals surface area contributed by atoms with E-state index in [1.165, 1.54) is 30.1 Å². The lowest BCUT2D eigenvalue weighted by Gasteiger charge is -2.18. The van der Waals surface area contributed by atoms with Crippen LogP contribution in [0.15, 0.2) is 23.1 Å². The summed E-state index contributed by atoms with van der Waals surface area (Å²) in [7, 11) is -2.35. The Morgan fingerprint density at radius 1 is 1.41 bits per heavy atom. The fraction of sp³-hybridized carbons (Fsp3) is 0.222. The smallest absolute Gasteiger partial charge is 0.323 e. The van der Waals surface area contributed by atoms with Gasteiger partial charge in [-0.3, -0.25) is 4.79 Å². The second-order valence-electron chi connectivity index (χ2n) is 3.56. The molecule has 0 unspecified atom stereocenters. The first-order valence-electron chi connectivity index (χ1n) is 4.56. The van der Waals surface area contributed by atoms with Crippen LogP contribution in [0.2, 0.25) is 0 Å². The van der Waals surface area contributed by atoms with E-state index in [4.69, 9.17) is 16.0 Å². The molecule has 7 nitrogen and oxygen atoms in total. The molecule has 0 aromatic heterocycles. The molecule has 0 saturated heterocycles. The van der Waals surface area contributed by atoms with Gasteiger partial charge in [-0.2, -0.15) is 0 Å². The van der Waals surface area contributed by atoms with Gasteiger partial charge in [-0.1, -0.05) is 0 Å².